The van der Waals surface area contributed by atoms with Gasteiger partial charge in [0.05, 0.1) is 10.9 Å². The Morgan fingerprint density at radius 3 is 2.34 bits per heavy atom. The molecule has 1 N–H and O–H groups in total. The topological polar surface area (TPSA) is 79.6 Å². The SMILES string of the molecule is Cc1ccc2occ(C(=O)N(NC(=O)c3ccccc3C)C(C)(C)C)c(=O)c2c1. The molecule has 1 heterocycles. The van der Waals surface area contributed by atoms with E-state index in [9.17, 15) is 14.4 Å². The van der Waals surface area contributed by atoms with Crippen molar-refractivity contribution in [2.45, 2.75) is 40.2 Å². The first kappa shape index (κ1) is 20.3. The molecule has 2 amide bonds. The van der Waals surface area contributed by atoms with Crippen molar-refractivity contribution in [3.8, 4) is 0 Å². The molecule has 0 bridgehead atoms. The Morgan fingerprint density at radius 1 is 1.00 bits per heavy atom. The third-order valence-corrected chi connectivity index (χ3v) is 4.64. The summed E-state index contributed by atoms with van der Waals surface area (Å²) in [6, 6.07) is 12.3. The first-order valence-corrected chi connectivity index (χ1v) is 9.33. The lowest BCUT2D eigenvalue weighted by atomic mass is 10.1. The van der Waals surface area contributed by atoms with Crippen molar-refractivity contribution >= 4 is 22.8 Å². The first-order valence-electron chi connectivity index (χ1n) is 9.33. The number of aryl methyl sites for hydroxylation is 2. The number of fused-ring (bicyclic) bond motifs is 1. The van der Waals surface area contributed by atoms with Gasteiger partial charge in [-0.05, 0) is 58.4 Å². The summed E-state index contributed by atoms with van der Waals surface area (Å²) in [6.07, 6.45) is 1.15. The lowest BCUT2D eigenvalue weighted by Crippen LogP contribution is -2.56. The minimum absolute atomic E-state index is 0.136. The largest absolute Gasteiger partial charge is 0.463 e. The Bertz CT molecular complexity index is 1160. The number of carbonyl (C=O) groups excluding carboxylic acids is 2. The van der Waals surface area contributed by atoms with Crippen LogP contribution < -0.4 is 10.9 Å². The van der Waals surface area contributed by atoms with E-state index in [1.807, 2.05) is 32.0 Å². The van der Waals surface area contributed by atoms with Crippen LogP contribution in [-0.2, 0) is 0 Å². The molecule has 0 saturated heterocycles. The molecule has 3 aromatic rings. The molecular formula is C23H24N2O4. The van der Waals surface area contributed by atoms with E-state index in [1.165, 1.54) is 5.01 Å². The Morgan fingerprint density at radius 2 is 1.69 bits per heavy atom. The molecule has 0 aliphatic carbocycles. The minimum atomic E-state index is -0.774. The third kappa shape index (κ3) is 4.06. The van der Waals surface area contributed by atoms with Gasteiger partial charge in [0.25, 0.3) is 11.8 Å². The molecule has 6 heteroatoms. The van der Waals surface area contributed by atoms with Gasteiger partial charge in [0, 0.05) is 5.56 Å². The lowest BCUT2D eigenvalue weighted by molar-refractivity contribution is 0.0355. The zero-order valence-corrected chi connectivity index (χ0v) is 17.2. The average molecular weight is 392 g/mol. The van der Waals surface area contributed by atoms with Crippen LogP contribution in [0.1, 0.15) is 52.6 Å². The molecule has 1 aromatic heterocycles. The van der Waals surface area contributed by atoms with Crippen LogP contribution in [-0.4, -0.2) is 22.4 Å². The Labute approximate surface area is 169 Å². The highest BCUT2D eigenvalue weighted by Gasteiger charge is 2.32. The van der Waals surface area contributed by atoms with E-state index in [4.69, 9.17) is 4.42 Å². The average Bonchev–Trinajstić information content (AvgIpc) is 2.65. The Balaban J connectivity index is 2.02. The number of rotatable bonds is 2. The van der Waals surface area contributed by atoms with E-state index >= 15 is 0 Å². The van der Waals surface area contributed by atoms with Gasteiger partial charge in [-0.25, -0.2) is 5.01 Å². The molecule has 0 fully saturated rings. The van der Waals surface area contributed by atoms with Gasteiger partial charge in [0.1, 0.15) is 17.4 Å². The van der Waals surface area contributed by atoms with Crippen LogP contribution in [0.4, 0.5) is 0 Å². The maximum absolute atomic E-state index is 13.2. The molecule has 0 aliphatic heterocycles. The number of benzene rings is 2. The predicted octanol–water partition coefficient (Wildman–Crippen LogP) is 4.00. The first-order chi connectivity index (χ1) is 13.6. The molecule has 3 rings (SSSR count). The van der Waals surface area contributed by atoms with Crippen molar-refractivity contribution in [1.82, 2.24) is 10.4 Å². The van der Waals surface area contributed by atoms with E-state index in [1.54, 1.807) is 45.0 Å². The number of nitrogens with zero attached hydrogens (tertiary/aromatic N) is 1. The van der Waals surface area contributed by atoms with Crippen molar-refractivity contribution in [3.63, 3.8) is 0 Å². The van der Waals surface area contributed by atoms with Gasteiger partial charge < -0.3 is 4.42 Å². The summed E-state index contributed by atoms with van der Waals surface area (Å²) >= 11 is 0. The van der Waals surface area contributed by atoms with E-state index in [0.717, 1.165) is 17.4 Å². The Hall–Kier alpha value is -3.41. The summed E-state index contributed by atoms with van der Waals surface area (Å²) in [7, 11) is 0. The van der Waals surface area contributed by atoms with Crippen molar-refractivity contribution < 1.29 is 14.0 Å². The summed E-state index contributed by atoms with van der Waals surface area (Å²) in [5, 5.41) is 1.50. The second-order valence-corrected chi connectivity index (χ2v) is 8.05. The molecule has 150 valence electrons. The molecule has 6 nitrogen and oxygen atoms in total. The van der Waals surface area contributed by atoms with E-state index in [0.29, 0.717) is 16.5 Å². The minimum Gasteiger partial charge on any atom is -0.463 e. The van der Waals surface area contributed by atoms with E-state index in [-0.39, 0.29) is 5.56 Å². The summed E-state index contributed by atoms with van der Waals surface area (Å²) in [4.78, 5) is 39.0. The summed E-state index contributed by atoms with van der Waals surface area (Å²) in [6.45, 7) is 9.00. The van der Waals surface area contributed by atoms with Crippen molar-refractivity contribution in [3.05, 3.63) is 81.2 Å². The van der Waals surface area contributed by atoms with Crippen molar-refractivity contribution in [2.75, 3.05) is 0 Å². The Kier molecular flexibility index (Phi) is 5.29. The molecule has 29 heavy (non-hydrogen) atoms. The monoisotopic (exact) mass is 392 g/mol. The maximum Gasteiger partial charge on any atom is 0.279 e. The van der Waals surface area contributed by atoms with Gasteiger partial charge in [-0.3, -0.25) is 19.8 Å². The number of hydrogen-bond acceptors (Lipinski definition) is 4. The fourth-order valence-electron chi connectivity index (χ4n) is 3.03. The van der Waals surface area contributed by atoms with Crippen LogP contribution >= 0.6 is 0 Å². The molecular weight excluding hydrogens is 368 g/mol. The number of nitrogens with one attached hydrogen (secondary N) is 1. The molecule has 0 aliphatic rings. The predicted molar refractivity (Wildman–Crippen MR) is 112 cm³/mol. The molecule has 0 radical (unpaired) electrons. The number of hydrogen-bond donors (Lipinski definition) is 1. The number of amides is 2. The quantitative estimate of drug-likeness (QED) is 0.669. The fraction of sp³-hybridized carbons (Fsp3) is 0.261. The highest BCUT2D eigenvalue weighted by Crippen LogP contribution is 2.18. The number of hydrazine groups is 1. The van der Waals surface area contributed by atoms with E-state index < -0.39 is 22.8 Å². The van der Waals surface area contributed by atoms with Crippen LogP contribution in [0.25, 0.3) is 11.0 Å². The smallest absolute Gasteiger partial charge is 0.279 e. The van der Waals surface area contributed by atoms with Crippen LogP contribution in [0.5, 0.6) is 0 Å². The molecule has 0 saturated carbocycles. The van der Waals surface area contributed by atoms with Crippen molar-refractivity contribution in [2.24, 2.45) is 0 Å². The normalized spacial score (nSPS) is 11.3. The van der Waals surface area contributed by atoms with Gasteiger partial charge in [0.2, 0.25) is 5.43 Å². The molecule has 0 unspecified atom stereocenters. The summed E-state index contributed by atoms with van der Waals surface area (Å²) < 4.78 is 5.51. The van der Waals surface area contributed by atoms with Gasteiger partial charge in [-0.2, -0.15) is 0 Å². The third-order valence-electron chi connectivity index (χ3n) is 4.64. The summed E-state index contributed by atoms with van der Waals surface area (Å²) in [5.74, 6) is -1.05. The number of carbonyl (C=O) groups is 2. The van der Waals surface area contributed by atoms with Crippen LogP contribution in [0, 0.1) is 13.8 Å². The second kappa shape index (κ2) is 7.54. The standard InChI is InChI=1S/C23H24N2O4/c1-14-10-11-19-17(12-14)20(26)18(13-29-19)22(28)25(23(3,4)5)24-21(27)16-9-7-6-8-15(16)2/h6-13H,1-5H3,(H,24,27). The van der Waals surface area contributed by atoms with E-state index in [2.05, 4.69) is 5.43 Å². The fourth-order valence-corrected chi connectivity index (χ4v) is 3.03. The van der Waals surface area contributed by atoms with Crippen LogP contribution in [0.2, 0.25) is 0 Å². The van der Waals surface area contributed by atoms with Crippen LogP contribution in [0.3, 0.4) is 0 Å². The van der Waals surface area contributed by atoms with Gasteiger partial charge in [0.15, 0.2) is 0 Å². The van der Waals surface area contributed by atoms with Crippen LogP contribution in [0.15, 0.2) is 57.9 Å². The van der Waals surface area contributed by atoms with Gasteiger partial charge in [-0.1, -0.05) is 29.8 Å². The molecule has 0 spiro atoms. The highest BCUT2D eigenvalue weighted by molar-refractivity contribution is 6.01. The lowest BCUT2D eigenvalue weighted by Gasteiger charge is -2.35. The molecule has 2 aromatic carbocycles. The summed E-state index contributed by atoms with van der Waals surface area (Å²) in [5.41, 5.74) is 3.85. The molecule has 0 atom stereocenters. The maximum atomic E-state index is 13.2. The van der Waals surface area contributed by atoms with Crippen molar-refractivity contribution in [1.29, 1.82) is 0 Å². The van der Waals surface area contributed by atoms with Gasteiger partial charge >= 0.3 is 0 Å². The highest BCUT2D eigenvalue weighted by atomic mass is 16.3. The zero-order valence-electron chi connectivity index (χ0n) is 17.2. The zero-order chi connectivity index (χ0) is 21.3. The second-order valence-electron chi connectivity index (χ2n) is 8.05. The van der Waals surface area contributed by atoms with Gasteiger partial charge in [-0.15, -0.1) is 0 Å².